The van der Waals surface area contributed by atoms with E-state index in [4.69, 9.17) is 27.9 Å². The summed E-state index contributed by atoms with van der Waals surface area (Å²) in [6, 6.07) is 14.2. The lowest BCUT2D eigenvalue weighted by Crippen LogP contribution is -2.23. The van der Waals surface area contributed by atoms with Crippen LogP contribution in [0.1, 0.15) is 28.8 Å². The number of ketones is 1. The second kappa shape index (κ2) is 13.0. The maximum Gasteiger partial charge on any atom is 0.307 e. The first-order chi connectivity index (χ1) is 16.9. The average molecular weight is 514 g/mol. The van der Waals surface area contributed by atoms with Crippen molar-refractivity contribution in [2.24, 2.45) is 5.92 Å². The van der Waals surface area contributed by atoms with Gasteiger partial charge in [-0.1, -0.05) is 53.6 Å². The van der Waals surface area contributed by atoms with Gasteiger partial charge in [-0.15, -0.1) is 0 Å². The van der Waals surface area contributed by atoms with Crippen LogP contribution in [0.3, 0.4) is 0 Å². The number of nitrogens with zero attached hydrogens (tertiary/aromatic N) is 3. The molecule has 0 saturated carbocycles. The minimum atomic E-state index is -1.06. The van der Waals surface area contributed by atoms with Gasteiger partial charge >= 0.3 is 5.97 Å². The lowest BCUT2D eigenvalue weighted by molar-refractivity contribution is -0.141. The maximum absolute atomic E-state index is 12.6. The number of aliphatic carboxylic acids is 1. The summed E-state index contributed by atoms with van der Waals surface area (Å²) in [7, 11) is 1.64. The number of rotatable bonds is 12. The summed E-state index contributed by atoms with van der Waals surface area (Å²) in [5.41, 5.74) is 1.94. The van der Waals surface area contributed by atoms with Crippen LogP contribution in [0.4, 0.5) is 11.6 Å². The Kier molecular flexibility index (Phi) is 9.78. The number of carboxylic acid groups (broad SMARTS) is 1. The van der Waals surface area contributed by atoms with Crippen molar-refractivity contribution in [1.82, 2.24) is 9.97 Å². The molecule has 2 aromatic carbocycles. The normalized spacial score (nSPS) is 12.0. The number of allylic oxidation sites excluding steroid dienone is 1. The van der Waals surface area contributed by atoms with Gasteiger partial charge in [-0.2, -0.15) is 0 Å². The van der Waals surface area contributed by atoms with E-state index in [9.17, 15) is 14.7 Å². The Bertz CT molecular complexity index is 1150. The third kappa shape index (κ3) is 7.36. The van der Waals surface area contributed by atoms with Crippen molar-refractivity contribution in [1.29, 1.82) is 0 Å². The Balaban J connectivity index is 1.67. The highest BCUT2D eigenvalue weighted by atomic mass is 35.5. The number of ether oxygens (including phenoxy) is 1. The molecule has 0 aliphatic carbocycles. The monoisotopic (exact) mass is 513 g/mol. The van der Waals surface area contributed by atoms with Crippen LogP contribution in [0, 0.1) is 5.92 Å². The van der Waals surface area contributed by atoms with E-state index < -0.39 is 17.7 Å². The molecule has 1 unspecified atom stereocenters. The lowest BCUT2D eigenvalue weighted by Gasteiger charge is -2.22. The van der Waals surface area contributed by atoms with Crippen LogP contribution >= 0.6 is 23.2 Å². The number of benzene rings is 2. The molecule has 9 heteroatoms. The predicted octanol–water partition coefficient (Wildman–Crippen LogP) is 5.95. The number of methoxy groups -OCH3 is 1. The second-order valence-corrected chi connectivity index (χ2v) is 8.50. The standard InChI is InChI=1S/C26H25Cl2N3O4/c1-35-16-15-31(26-29-13-4-14-30-26)20-11-9-18(10-12-20)5-2-6-19(25(33)34)17-23(32)24-21(27)7-3-8-22(24)28/h2-5,7-14,19H,6,15-17H2,1H3,(H,33,34)/b5-2+. The van der Waals surface area contributed by atoms with Crippen LogP contribution in [-0.4, -0.2) is 47.1 Å². The van der Waals surface area contributed by atoms with Gasteiger partial charge in [0, 0.05) is 38.2 Å². The molecule has 0 aliphatic heterocycles. The minimum absolute atomic E-state index is 0.155. The Hall–Kier alpha value is -3.26. The molecule has 0 saturated heterocycles. The highest BCUT2D eigenvalue weighted by molar-refractivity contribution is 6.39. The molecule has 3 aromatic rings. The topological polar surface area (TPSA) is 92.6 Å². The van der Waals surface area contributed by atoms with Gasteiger partial charge in [0.25, 0.3) is 0 Å². The van der Waals surface area contributed by atoms with Gasteiger partial charge < -0.3 is 14.7 Å². The van der Waals surface area contributed by atoms with Gasteiger partial charge in [0.2, 0.25) is 5.95 Å². The molecule has 1 heterocycles. The number of carbonyl (C=O) groups is 2. The highest BCUT2D eigenvalue weighted by Gasteiger charge is 2.23. The molecule has 0 amide bonds. The number of halogens is 2. The smallest absolute Gasteiger partial charge is 0.307 e. The number of Topliss-reactive ketones (excluding diaryl/α,β-unsaturated/α-hetero) is 1. The van der Waals surface area contributed by atoms with Crippen molar-refractivity contribution in [3.05, 3.63) is 88.2 Å². The van der Waals surface area contributed by atoms with Crippen LogP contribution in [0.2, 0.25) is 10.0 Å². The number of aromatic nitrogens is 2. The minimum Gasteiger partial charge on any atom is -0.481 e. The maximum atomic E-state index is 12.6. The molecule has 35 heavy (non-hydrogen) atoms. The summed E-state index contributed by atoms with van der Waals surface area (Å²) in [6.45, 7) is 1.09. The summed E-state index contributed by atoms with van der Waals surface area (Å²) in [5.74, 6) is -1.78. The molecule has 0 bridgehead atoms. The summed E-state index contributed by atoms with van der Waals surface area (Å²) >= 11 is 12.2. The van der Waals surface area contributed by atoms with Crippen molar-refractivity contribution in [2.75, 3.05) is 25.2 Å². The summed E-state index contributed by atoms with van der Waals surface area (Å²) in [6.07, 6.45) is 6.92. The fourth-order valence-electron chi connectivity index (χ4n) is 3.45. The third-order valence-corrected chi connectivity index (χ3v) is 5.90. The first-order valence-electron chi connectivity index (χ1n) is 10.9. The predicted molar refractivity (Wildman–Crippen MR) is 138 cm³/mol. The molecule has 7 nitrogen and oxygen atoms in total. The molecule has 0 aliphatic rings. The highest BCUT2D eigenvalue weighted by Crippen LogP contribution is 2.28. The first kappa shape index (κ1) is 26.3. The van der Waals surface area contributed by atoms with Crippen LogP contribution in [-0.2, 0) is 9.53 Å². The Labute approximate surface area is 214 Å². The molecule has 1 N–H and O–H groups in total. The largest absolute Gasteiger partial charge is 0.481 e. The van der Waals surface area contributed by atoms with Crippen molar-refractivity contribution in [3.8, 4) is 0 Å². The van der Waals surface area contributed by atoms with Crippen LogP contribution < -0.4 is 4.90 Å². The average Bonchev–Trinajstić information content (AvgIpc) is 2.85. The van der Waals surface area contributed by atoms with E-state index in [0.29, 0.717) is 19.1 Å². The van der Waals surface area contributed by atoms with E-state index in [1.54, 1.807) is 49.8 Å². The van der Waals surface area contributed by atoms with Gasteiger partial charge in [0.15, 0.2) is 5.78 Å². The quantitative estimate of drug-likeness (QED) is 0.299. The molecule has 1 atom stereocenters. The summed E-state index contributed by atoms with van der Waals surface area (Å²) in [5, 5.41) is 10.0. The van der Waals surface area contributed by atoms with Crippen LogP contribution in [0.25, 0.3) is 6.08 Å². The van der Waals surface area contributed by atoms with E-state index in [1.807, 2.05) is 35.2 Å². The number of hydrogen-bond acceptors (Lipinski definition) is 6. The third-order valence-electron chi connectivity index (χ3n) is 5.27. The molecule has 0 fully saturated rings. The first-order valence-corrected chi connectivity index (χ1v) is 11.7. The van der Waals surface area contributed by atoms with Gasteiger partial charge in [0.1, 0.15) is 0 Å². The number of carboxylic acids is 1. The zero-order chi connectivity index (χ0) is 25.2. The molecule has 1 aromatic heterocycles. The van der Waals surface area contributed by atoms with Gasteiger partial charge in [-0.3, -0.25) is 9.59 Å². The Morgan fingerprint density at radius 2 is 1.71 bits per heavy atom. The van der Waals surface area contributed by atoms with Crippen molar-refractivity contribution in [2.45, 2.75) is 12.8 Å². The molecular weight excluding hydrogens is 489 g/mol. The molecule has 0 spiro atoms. The Morgan fingerprint density at radius 3 is 2.31 bits per heavy atom. The van der Waals surface area contributed by atoms with E-state index in [1.165, 1.54) is 0 Å². The van der Waals surface area contributed by atoms with Crippen LogP contribution in [0.15, 0.2) is 67.0 Å². The Morgan fingerprint density at radius 1 is 1.06 bits per heavy atom. The van der Waals surface area contributed by atoms with Crippen LogP contribution in [0.5, 0.6) is 0 Å². The van der Waals surface area contributed by atoms with E-state index >= 15 is 0 Å². The van der Waals surface area contributed by atoms with Crippen molar-refractivity contribution >= 4 is 52.7 Å². The molecular formula is C26H25Cl2N3O4. The van der Waals surface area contributed by atoms with Gasteiger partial charge in [0.05, 0.1) is 28.1 Å². The van der Waals surface area contributed by atoms with Crippen molar-refractivity contribution < 1.29 is 19.4 Å². The van der Waals surface area contributed by atoms with E-state index in [0.717, 1.165) is 11.3 Å². The zero-order valence-electron chi connectivity index (χ0n) is 19.1. The van der Waals surface area contributed by atoms with Gasteiger partial charge in [-0.05, 0) is 42.3 Å². The second-order valence-electron chi connectivity index (χ2n) is 7.68. The van der Waals surface area contributed by atoms with E-state index in [2.05, 4.69) is 9.97 Å². The number of carbonyl (C=O) groups excluding carboxylic acids is 1. The summed E-state index contributed by atoms with van der Waals surface area (Å²) in [4.78, 5) is 35.0. The molecule has 3 rings (SSSR count). The van der Waals surface area contributed by atoms with Gasteiger partial charge in [-0.25, -0.2) is 9.97 Å². The lowest BCUT2D eigenvalue weighted by atomic mass is 9.95. The van der Waals surface area contributed by atoms with Crippen molar-refractivity contribution in [3.63, 3.8) is 0 Å². The SMILES string of the molecule is COCCN(c1ccc(/C=C/CC(CC(=O)c2c(Cl)cccc2Cl)C(=O)O)cc1)c1ncccn1. The number of hydrogen-bond donors (Lipinski definition) is 1. The fourth-order valence-corrected chi connectivity index (χ4v) is 4.06. The van der Waals surface area contributed by atoms with E-state index in [-0.39, 0.29) is 28.5 Å². The zero-order valence-corrected chi connectivity index (χ0v) is 20.6. The fraction of sp³-hybridized carbons (Fsp3) is 0.231. The summed E-state index contributed by atoms with van der Waals surface area (Å²) < 4.78 is 5.21. The number of anilines is 2. The molecule has 182 valence electrons. The molecule has 0 radical (unpaired) electrons.